The van der Waals surface area contributed by atoms with E-state index in [1.807, 2.05) is 30.3 Å². The minimum atomic E-state index is -3.60. The third kappa shape index (κ3) is 5.42. The summed E-state index contributed by atoms with van der Waals surface area (Å²) < 4.78 is 43.2. The molecule has 3 aromatic rings. The lowest BCUT2D eigenvalue weighted by Crippen LogP contribution is -2.40. The van der Waals surface area contributed by atoms with Gasteiger partial charge in [0.05, 0.1) is 30.7 Å². The molecule has 4 rings (SSSR count). The van der Waals surface area contributed by atoms with E-state index in [2.05, 4.69) is 4.98 Å². The highest BCUT2D eigenvalue weighted by atomic mass is 32.2. The number of nitrogens with zero attached hydrogens (tertiary/aromatic N) is 2. The first-order valence-corrected chi connectivity index (χ1v) is 11.8. The van der Waals surface area contributed by atoms with Gasteiger partial charge in [0.15, 0.2) is 11.7 Å². The van der Waals surface area contributed by atoms with Gasteiger partial charge in [-0.05, 0) is 17.7 Å². The van der Waals surface area contributed by atoms with Gasteiger partial charge in [0, 0.05) is 25.1 Å². The van der Waals surface area contributed by atoms with Gasteiger partial charge in [0.2, 0.25) is 10.0 Å². The molecule has 32 heavy (non-hydrogen) atoms. The van der Waals surface area contributed by atoms with E-state index in [1.54, 1.807) is 24.4 Å². The number of aryl methyl sites for hydroxylation is 1. The zero-order chi connectivity index (χ0) is 22.4. The van der Waals surface area contributed by atoms with Gasteiger partial charge in [-0.3, -0.25) is 4.79 Å². The summed E-state index contributed by atoms with van der Waals surface area (Å²) in [7, 11) is -3.60. The first-order valence-electron chi connectivity index (χ1n) is 10.3. The third-order valence-corrected chi connectivity index (χ3v) is 6.96. The van der Waals surface area contributed by atoms with Gasteiger partial charge in [-0.2, -0.15) is 4.31 Å². The topological polar surface area (TPSA) is 98.9 Å². The highest BCUT2D eigenvalue weighted by Gasteiger charge is 2.26. The van der Waals surface area contributed by atoms with Crippen LogP contribution >= 0.6 is 0 Å². The fraction of sp³-hybridized carbons (Fsp3) is 0.304. The van der Waals surface area contributed by atoms with Gasteiger partial charge in [-0.25, -0.2) is 13.4 Å². The number of hydrogen-bond donors (Lipinski definition) is 0. The predicted octanol–water partition coefficient (Wildman–Crippen LogP) is 3.04. The average Bonchev–Trinajstić information content (AvgIpc) is 3.32. The van der Waals surface area contributed by atoms with Gasteiger partial charge in [-0.1, -0.05) is 42.5 Å². The quantitative estimate of drug-likeness (QED) is 0.481. The molecule has 168 valence electrons. The van der Waals surface area contributed by atoms with Crippen LogP contribution in [0.25, 0.3) is 11.3 Å². The van der Waals surface area contributed by atoms with E-state index >= 15 is 0 Å². The summed E-state index contributed by atoms with van der Waals surface area (Å²) in [4.78, 5) is 16.6. The van der Waals surface area contributed by atoms with E-state index in [1.165, 1.54) is 10.4 Å². The van der Waals surface area contributed by atoms with Crippen molar-refractivity contribution in [2.75, 3.05) is 26.3 Å². The zero-order valence-electron chi connectivity index (χ0n) is 17.5. The minimum absolute atomic E-state index is 0.00778. The van der Waals surface area contributed by atoms with Gasteiger partial charge in [-0.15, -0.1) is 0 Å². The third-order valence-electron chi connectivity index (χ3n) is 5.06. The molecular weight excluding hydrogens is 432 g/mol. The van der Waals surface area contributed by atoms with Crippen LogP contribution in [0.2, 0.25) is 0 Å². The van der Waals surface area contributed by atoms with E-state index in [4.69, 9.17) is 13.9 Å². The maximum absolute atomic E-state index is 12.8. The lowest BCUT2D eigenvalue weighted by Gasteiger charge is -2.26. The van der Waals surface area contributed by atoms with Crippen molar-refractivity contribution in [1.82, 2.24) is 9.29 Å². The summed E-state index contributed by atoms with van der Waals surface area (Å²) in [6.45, 7) is 1.41. The second-order valence-corrected chi connectivity index (χ2v) is 9.25. The van der Waals surface area contributed by atoms with Crippen LogP contribution in [-0.4, -0.2) is 50.0 Å². The van der Waals surface area contributed by atoms with Crippen molar-refractivity contribution in [3.63, 3.8) is 0 Å². The number of carbonyl (C=O) groups excluding carboxylic acids is 1. The fourth-order valence-corrected chi connectivity index (χ4v) is 4.82. The van der Waals surface area contributed by atoms with Gasteiger partial charge < -0.3 is 13.9 Å². The molecule has 0 unspecified atom stereocenters. The van der Waals surface area contributed by atoms with Gasteiger partial charge in [0.1, 0.15) is 6.61 Å². The smallest absolute Gasteiger partial charge is 0.306 e. The average molecular weight is 457 g/mol. The standard InChI is InChI=1S/C23H24N2O6S/c26-23(10-9-22-24-16-21(31-22)19-6-2-1-3-7-19)30-17-18-5-4-8-20(15-18)32(27,28)25-11-13-29-14-12-25/h1-8,15-16H,9-14,17H2. The number of sulfonamides is 1. The first-order chi connectivity index (χ1) is 15.5. The number of morpholine rings is 1. The van der Waals surface area contributed by atoms with Gasteiger partial charge in [0.25, 0.3) is 0 Å². The number of carbonyl (C=O) groups is 1. The summed E-state index contributed by atoms with van der Waals surface area (Å²) in [6.07, 6.45) is 2.06. The molecule has 1 aliphatic heterocycles. The Balaban J connectivity index is 1.30. The van der Waals surface area contributed by atoms with E-state index in [9.17, 15) is 13.2 Å². The molecule has 9 heteroatoms. The molecule has 2 heterocycles. The molecule has 2 aromatic carbocycles. The summed E-state index contributed by atoms with van der Waals surface area (Å²) in [5.41, 5.74) is 1.52. The molecule has 0 atom stereocenters. The molecule has 0 bridgehead atoms. The van der Waals surface area contributed by atoms with Crippen molar-refractivity contribution in [3.8, 4) is 11.3 Å². The molecule has 0 N–H and O–H groups in total. The largest absolute Gasteiger partial charge is 0.461 e. The highest BCUT2D eigenvalue weighted by molar-refractivity contribution is 7.89. The van der Waals surface area contributed by atoms with Crippen molar-refractivity contribution in [2.45, 2.75) is 24.3 Å². The molecule has 1 aromatic heterocycles. The van der Waals surface area contributed by atoms with Crippen LogP contribution in [0.5, 0.6) is 0 Å². The van der Waals surface area contributed by atoms with Crippen LogP contribution in [0.15, 0.2) is 70.1 Å². The highest BCUT2D eigenvalue weighted by Crippen LogP contribution is 2.21. The molecule has 0 spiro atoms. The molecule has 1 aliphatic rings. The van der Waals surface area contributed by atoms with Crippen LogP contribution < -0.4 is 0 Å². The first kappa shape index (κ1) is 22.2. The SMILES string of the molecule is O=C(CCc1ncc(-c2ccccc2)o1)OCc1cccc(S(=O)(=O)N2CCOCC2)c1. The van der Waals surface area contributed by atoms with Crippen molar-refractivity contribution in [3.05, 3.63) is 72.2 Å². The fourth-order valence-electron chi connectivity index (χ4n) is 3.34. The lowest BCUT2D eigenvalue weighted by molar-refractivity contribution is -0.145. The Morgan fingerprint density at radius 2 is 1.84 bits per heavy atom. The van der Waals surface area contributed by atoms with Crippen LogP contribution in [0.4, 0.5) is 0 Å². The summed E-state index contributed by atoms with van der Waals surface area (Å²) in [5, 5.41) is 0. The number of ether oxygens (including phenoxy) is 2. The Labute approximate surface area is 186 Å². The lowest BCUT2D eigenvalue weighted by atomic mass is 10.2. The van der Waals surface area contributed by atoms with E-state index < -0.39 is 16.0 Å². The van der Waals surface area contributed by atoms with Crippen LogP contribution in [0.1, 0.15) is 17.9 Å². The number of benzene rings is 2. The maximum Gasteiger partial charge on any atom is 0.306 e. The number of oxazole rings is 1. The Morgan fingerprint density at radius 3 is 2.62 bits per heavy atom. The maximum atomic E-state index is 12.8. The molecule has 0 amide bonds. The van der Waals surface area contributed by atoms with Crippen molar-refractivity contribution >= 4 is 16.0 Å². The molecular formula is C23H24N2O6S. The summed E-state index contributed by atoms with van der Waals surface area (Å²) in [6, 6.07) is 16.1. The second kappa shape index (κ2) is 10.1. The molecule has 1 fully saturated rings. The zero-order valence-corrected chi connectivity index (χ0v) is 18.3. The number of rotatable bonds is 8. The normalized spacial score (nSPS) is 14.9. The Morgan fingerprint density at radius 1 is 1.06 bits per heavy atom. The molecule has 0 radical (unpaired) electrons. The van der Waals surface area contributed by atoms with E-state index in [0.29, 0.717) is 49.9 Å². The summed E-state index contributed by atoms with van der Waals surface area (Å²) in [5.74, 6) is 0.692. The van der Waals surface area contributed by atoms with E-state index in [-0.39, 0.29) is 17.9 Å². The predicted molar refractivity (Wildman–Crippen MR) is 116 cm³/mol. The minimum Gasteiger partial charge on any atom is -0.461 e. The van der Waals surface area contributed by atoms with Crippen LogP contribution in [-0.2, 0) is 37.3 Å². The number of esters is 1. The van der Waals surface area contributed by atoms with Crippen molar-refractivity contribution in [1.29, 1.82) is 0 Å². The van der Waals surface area contributed by atoms with Crippen LogP contribution in [0, 0.1) is 0 Å². The number of aromatic nitrogens is 1. The molecule has 0 aliphatic carbocycles. The number of hydrogen-bond acceptors (Lipinski definition) is 7. The molecule has 8 nitrogen and oxygen atoms in total. The van der Waals surface area contributed by atoms with Crippen LogP contribution in [0.3, 0.4) is 0 Å². The summed E-state index contributed by atoms with van der Waals surface area (Å²) >= 11 is 0. The Kier molecular flexibility index (Phi) is 6.99. The monoisotopic (exact) mass is 456 g/mol. The van der Waals surface area contributed by atoms with Crippen molar-refractivity contribution in [2.24, 2.45) is 0 Å². The Bertz CT molecular complexity index is 1150. The second-order valence-electron chi connectivity index (χ2n) is 7.31. The molecule has 1 saturated heterocycles. The van der Waals surface area contributed by atoms with Gasteiger partial charge >= 0.3 is 5.97 Å². The Hall–Kier alpha value is -3.01. The van der Waals surface area contributed by atoms with E-state index in [0.717, 1.165) is 5.56 Å². The van der Waals surface area contributed by atoms with Crippen molar-refractivity contribution < 1.29 is 27.1 Å². The molecule has 0 saturated carbocycles.